The van der Waals surface area contributed by atoms with Crippen molar-refractivity contribution in [2.24, 2.45) is 5.73 Å². The van der Waals surface area contributed by atoms with Crippen LogP contribution in [0, 0.1) is 0 Å². The lowest BCUT2D eigenvalue weighted by atomic mass is 9.87. The van der Waals surface area contributed by atoms with Gasteiger partial charge in [-0.05, 0) is 24.1 Å². The Labute approximate surface area is 153 Å². The molecule has 2 atom stereocenters. The largest absolute Gasteiger partial charge is 0.319 e. The van der Waals surface area contributed by atoms with Crippen LogP contribution in [0.4, 0.5) is 0 Å². The third kappa shape index (κ3) is 4.31. The Bertz CT molecular complexity index is 880. The van der Waals surface area contributed by atoms with E-state index >= 15 is 0 Å². The van der Waals surface area contributed by atoms with Gasteiger partial charge in [0.1, 0.15) is 6.10 Å². The van der Waals surface area contributed by atoms with Gasteiger partial charge in [0.25, 0.3) is 10.1 Å². The minimum atomic E-state index is -4.25. The number of nitrogens with two attached hydrogens (primary N) is 1. The van der Waals surface area contributed by atoms with Crippen molar-refractivity contribution in [2.45, 2.75) is 25.0 Å². The maximum atomic E-state index is 11.4. The third-order valence-electron chi connectivity index (χ3n) is 4.40. The van der Waals surface area contributed by atoms with Crippen molar-refractivity contribution in [3.8, 4) is 0 Å². The molecule has 2 unspecified atom stereocenters. The number of hydrogen-bond donors (Lipinski definition) is 2. The molecule has 2 aromatic carbocycles. The summed E-state index contributed by atoms with van der Waals surface area (Å²) in [7, 11) is -4.25. The fourth-order valence-electron chi connectivity index (χ4n) is 2.95. The van der Waals surface area contributed by atoms with E-state index in [1.807, 2.05) is 73.7 Å². The predicted octanol–water partition coefficient (Wildman–Crippen LogP) is 2.45. The van der Waals surface area contributed by atoms with Crippen molar-refractivity contribution in [1.82, 2.24) is 5.06 Å². The van der Waals surface area contributed by atoms with Crippen LogP contribution < -0.4 is 5.73 Å². The molecule has 2 aromatic rings. The summed E-state index contributed by atoms with van der Waals surface area (Å²) in [5.74, 6) is -0.646. The molecule has 1 aliphatic heterocycles. The minimum absolute atomic E-state index is 0.470. The molecule has 0 fully saturated rings. The Balaban J connectivity index is 1.90. The predicted molar refractivity (Wildman–Crippen MR) is 99.3 cm³/mol. The van der Waals surface area contributed by atoms with E-state index in [4.69, 9.17) is 10.6 Å². The molecule has 3 rings (SSSR count). The third-order valence-corrected chi connectivity index (χ3v) is 4.96. The molecule has 0 amide bonds. The van der Waals surface area contributed by atoms with Gasteiger partial charge in [-0.2, -0.15) is 8.42 Å². The smallest absolute Gasteiger partial charge is 0.285 e. The van der Waals surface area contributed by atoms with Crippen molar-refractivity contribution >= 4 is 10.1 Å². The van der Waals surface area contributed by atoms with E-state index in [2.05, 4.69) is 0 Å². The first-order valence-electron chi connectivity index (χ1n) is 8.24. The summed E-state index contributed by atoms with van der Waals surface area (Å²) in [5, 5.41) is 1.21. The Morgan fingerprint density at radius 3 is 2.27 bits per heavy atom. The molecule has 138 valence electrons. The standard InChI is InChI=1S/C19H22N2O4S/c1-19(20,16-10-6-3-7-11-16)18-13-17(12-15-8-4-2-5-9-15)21(25-18)14-26(22,23)24/h2-11,13,18H,12,14,20H2,1H3,(H,22,23,24). The van der Waals surface area contributed by atoms with E-state index in [1.165, 1.54) is 5.06 Å². The van der Waals surface area contributed by atoms with E-state index in [-0.39, 0.29) is 0 Å². The summed E-state index contributed by atoms with van der Waals surface area (Å²) in [5.41, 5.74) is 8.17. The van der Waals surface area contributed by atoms with Crippen LogP contribution in [0.2, 0.25) is 0 Å². The summed E-state index contributed by atoms with van der Waals surface area (Å²) in [6.07, 6.45) is 1.73. The quantitative estimate of drug-likeness (QED) is 0.755. The van der Waals surface area contributed by atoms with Crippen LogP contribution in [0.1, 0.15) is 18.1 Å². The van der Waals surface area contributed by atoms with Gasteiger partial charge in [0.05, 0.1) is 5.54 Å². The summed E-state index contributed by atoms with van der Waals surface area (Å²) in [6.45, 7) is 1.83. The summed E-state index contributed by atoms with van der Waals surface area (Å²) >= 11 is 0. The van der Waals surface area contributed by atoms with E-state index in [1.54, 1.807) is 0 Å². The lowest BCUT2D eigenvalue weighted by molar-refractivity contribution is -0.146. The highest BCUT2D eigenvalue weighted by Crippen LogP contribution is 2.33. The SMILES string of the molecule is CC(N)(c1ccccc1)C1C=C(Cc2ccccc2)N(CS(=O)(=O)O)O1. The van der Waals surface area contributed by atoms with Crippen molar-refractivity contribution in [3.63, 3.8) is 0 Å². The molecule has 0 bridgehead atoms. The van der Waals surface area contributed by atoms with Crippen LogP contribution in [0.3, 0.4) is 0 Å². The van der Waals surface area contributed by atoms with Gasteiger partial charge in [0.15, 0.2) is 5.88 Å². The van der Waals surface area contributed by atoms with E-state index in [9.17, 15) is 13.0 Å². The molecule has 0 spiro atoms. The topological polar surface area (TPSA) is 92.9 Å². The first-order valence-corrected chi connectivity index (χ1v) is 9.85. The van der Waals surface area contributed by atoms with Gasteiger partial charge in [0, 0.05) is 12.1 Å². The molecule has 0 saturated carbocycles. The van der Waals surface area contributed by atoms with E-state index in [0.29, 0.717) is 12.1 Å². The average molecular weight is 374 g/mol. The fourth-order valence-corrected chi connectivity index (χ4v) is 3.47. The van der Waals surface area contributed by atoms with E-state index in [0.717, 1.165) is 11.1 Å². The fraction of sp³-hybridized carbons (Fsp3) is 0.263. The highest BCUT2D eigenvalue weighted by Gasteiger charge is 2.39. The first kappa shape index (κ1) is 18.6. The van der Waals surface area contributed by atoms with Gasteiger partial charge in [-0.1, -0.05) is 60.7 Å². The lowest BCUT2D eigenvalue weighted by Gasteiger charge is -2.31. The molecule has 0 aromatic heterocycles. The van der Waals surface area contributed by atoms with Crippen molar-refractivity contribution < 1.29 is 17.8 Å². The molecular weight excluding hydrogens is 352 g/mol. The maximum Gasteiger partial charge on any atom is 0.285 e. The number of hydrogen-bond acceptors (Lipinski definition) is 5. The van der Waals surface area contributed by atoms with Crippen LogP contribution >= 0.6 is 0 Å². The van der Waals surface area contributed by atoms with Gasteiger partial charge in [-0.3, -0.25) is 9.39 Å². The van der Waals surface area contributed by atoms with Crippen LogP contribution in [-0.2, 0) is 26.9 Å². The van der Waals surface area contributed by atoms with Gasteiger partial charge >= 0.3 is 0 Å². The van der Waals surface area contributed by atoms with Gasteiger partial charge in [0.2, 0.25) is 0 Å². The molecule has 0 saturated heterocycles. The van der Waals surface area contributed by atoms with Gasteiger partial charge < -0.3 is 5.73 Å². The molecule has 1 heterocycles. The summed E-state index contributed by atoms with van der Waals surface area (Å²) in [4.78, 5) is 5.82. The highest BCUT2D eigenvalue weighted by molar-refractivity contribution is 7.85. The second-order valence-electron chi connectivity index (χ2n) is 6.58. The van der Waals surface area contributed by atoms with Crippen LogP contribution in [-0.4, -0.2) is 30.0 Å². The Morgan fingerprint density at radius 2 is 1.69 bits per heavy atom. The number of rotatable bonds is 6. The number of allylic oxidation sites excluding steroid dienone is 1. The number of nitrogens with zero attached hydrogens (tertiary/aromatic N) is 1. The molecule has 6 nitrogen and oxygen atoms in total. The normalized spacial score (nSPS) is 19.9. The first-order chi connectivity index (χ1) is 12.3. The lowest BCUT2D eigenvalue weighted by Crippen LogP contribution is -2.46. The van der Waals surface area contributed by atoms with Crippen molar-refractivity contribution in [1.29, 1.82) is 0 Å². The van der Waals surface area contributed by atoms with Gasteiger partial charge in [-0.25, -0.2) is 5.06 Å². The number of hydroxylamine groups is 2. The second kappa shape index (κ2) is 7.20. The Morgan fingerprint density at radius 1 is 1.12 bits per heavy atom. The zero-order valence-electron chi connectivity index (χ0n) is 14.4. The van der Waals surface area contributed by atoms with Crippen molar-refractivity contribution in [2.75, 3.05) is 5.88 Å². The molecule has 7 heteroatoms. The Hall–Kier alpha value is -2.19. The molecule has 0 aliphatic carbocycles. The Kier molecular flexibility index (Phi) is 5.15. The average Bonchev–Trinajstić information content (AvgIpc) is 2.98. The molecular formula is C19H22N2O4S. The van der Waals surface area contributed by atoms with Crippen LogP contribution in [0.5, 0.6) is 0 Å². The molecule has 0 radical (unpaired) electrons. The summed E-state index contributed by atoms with van der Waals surface area (Å²) in [6, 6.07) is 19.1. The van der Waals surface area contributed by atoms with Crippen LogP contribution in [0.25, 0.3) is 0 Å². The zero-order valence-corrected chi connectivity index (χ0v) is 15.3. The molecule has 3 N–H and O–H groups in total. The molecule has 26 heavy (non-hydrogen) atoms. The number of benzene rings is 2. The van der Waals surface area contributed by atoms with Crippen LogP contribution in [0.15, 0.2) is 72.4 Å². The van der Waals surface area contributed by atoms with E-state index < -0.39 is 27.6 Å². The summed E-state index contributed by atoms with van der Waals surface area (Å²) < 4.78 is 32.0. The second-order valence-corrected chi connectivity index (χ2v) is 8.01. The van der Waals surface area contributed by atoms with Crippen molar-refractivity contribution in [3.05, 3.63) is 83.6 Å². The zero-order chi connectivity index (χ0) is 18.8. The van der Waals surface area contributed by atoms with Gasteiger partial charge in [-0.15, -0.1) is 0 Å². The molecule has 1 aliphatic rings. The maximum absolute atomic E-state index is 11.4. The highest BCUT2D eigenvalue weighted by atomic mass is 32.2. The minimum Gasteiger partial charge on any atom is -0.319 e. The monoisotopic (exact) mass is 374 g/mol.